The first-order valence-corrected chi connectivity index (χ1v) is 12.5. The lowest BCUT2D eigenvalue weighted by atomic mass is 9.95. The first kappa shape index (κ1) is 27.0. The van der Waals surface area contributed by atoms with E-state index in [4.69, 9.17) is 20.2 Å². The van der Waals surface area contributed by atoms with Gasteiger partial charge >= 0.3 is 17.6 Å². The van der Waals surface area contributed by atoms with Crippen LogP contribution in [-0.4, -0.2) is 49.3 Å². The Kier molecular flexibility index (Phi) is 8.23. The van der Waals surface area contributed by atoms with Crippen LogP contribution in [-0.2, 0) is 36.1 Å². The molecule has 1 saturated heterocycles. The fourth-order valence-corrected chi connectivity index (χ4v) is 5.18. The summed E-state index contributed by atoms with van der Waals surface area (Å²) in [5.74, 6) is -2.24. The summed E-state index contributed by atoms with van der Waals surface area (Å²) in [7, 11) is 3.64. The maximum absolute atomic E-state index is 13.4. The fraction of sp³-hybridized carbons (Fsp3) is 0.261. The average molecular weight is 536 g/mol. The molecule has 0 aliphatic carbocycles. The van der Waals surface area contributed by atoms with Gasteiger partial charge in [-0.3, -0.25) is 24.6 Å². The summed E-state index contributed by atoms with van der Waals surface area (Å²) in [6, 6.07) is 12.0. The molecule has 11 nitrogen and oxygen atoms in total. The van der Waals surface area contributed by atoms with E-state index in [0.29, 0.717) is 5.56 Å². The SMILES string of the molecule is C=C(C)C(C(=O)OCc1ccc([N+](=O)[O-])cc1)N1C(=O)C(NC(C)=O)(Oc2ccccc2)C1[S+]([O-])Cl. The van der Waals surface area contributed by atoms with Gasteiger partial charge in [0.05, 0.1) is 15.3 Å². The second-order valence-electron chi connectivity index (χ2n) is 7.93. The number of nitrogens with one attached hydrogen (secondary N) is 1. The number of β-lactam (4-membered cyclic amide) rings is 1. The van der Waals surface area contributed by atoms with Crippen molar-refractivity contribution in [3.05, 3.63) is 82.4 Å². The summed E-state index contributed by atoms with van der Waals surface area (Å²) in [4.78, 5) is 49.6. The Bertz CT molecular complexity index is 1180. The molecule has 0 saturated carbocycles. The number of nitro benzene ring substituents is 1. The third kappa shape index (κ3) is 5.45. The predicted octanol–water partition coefficient (Wildman–Crippen LogP) is 2.56. The zero-order valence-corrected chi connectivity index (χ0v) is 20.8. The van der Waals surface area contributed by atoms with E-state index in [-0.39, 0.29) is 23.6 Å². The van der Waals surface area contributed by atoms with Gasteiger partial charge in [-0.05, 0) is 42.3 Å². The lowest BCUT2D eigenvalue weighted by Crippen LogP contribution is -2.86. The van der Waals surface area contributed by atoms with E-state index in [0.717, 1.165) is 11.8 Å². The highest BCUT2D eigenvalue weighted by Gasteiger charge is 2.73. The molecule has 13 heteroatoms. The molecule has 0 bridgehead atoms. The van der Waals surface area contributed by atoms with E-state index in [1.165, 1.54) is 43.3 Å². The van der Waals surface area contributed by atoms with Gasteiger partial charge < -0.3 is 19.3 Å². The number of ether oxygens (including phenoxy) is 2. The van der Waals surface area contributed by atoms with Crippen LogP contribution >= 0.6 is 10.7 Å². The molecule has 2 aromatic carbocycles. The van der Waals surface area contributed by atoms with E-state index in [1.807, 2.05) is 0 Å². The number of benzene rings is 2. The monoisotopic (exact) mass is 535 g/mol. The van der Waals surface area contributed by atoms with Crippen molar-refractivity contribution in [2.75, 3.05) is 0 Å². The van der Waals surface area contributed by atoms with Gasteiger partial charge in [0.1, 0.15) is 12.4 Å². The second kappa shape index (κ2) is 11.0. The molecule has 0 aromatic heterocycles. The Morgan fingerprint density at radius 1 is 1.22 bits per heavy atom. The molecule has 1 N–H and O–H groups in total. The van der Waals surface area contributed by atoms with Crippen molar-refractivity contribution in [2.24, 2.45) is 0 Å². The normalized spacial score (nSPS) is 20.5. The van der Waals surface area contributed by atoms with Gasteiger partial charge in [-0.15, -0.1) is 0 Å². The minimum Gasteiger partial charge on any atom is -0.597 e. The zero-order valence-electron chi connectivity index (χ0n) is 19.2. The Balaban J connectivity index is 1.86. The zero-order chi connectivity index (χ0) is 26.6. The van der Waals surface area contributed by atoms with Gasteiger partial charge in [-0.25, -0.2) is 4.79 Å². The van der Waals surface area contributed by atoms with Crippen LogP contribution in [0.2, 0.25) is 0 Å². The van der Waals surface area contributed by atoms with Crippen LogP contribution in [0.15, 0.2) is 66.7 Å². The van der Waals surface area contributed by atoms with Crippen LogP contribution < -0.4 is 10.1 Å². The number of nitrogens with zero attached hydrogens (tertiary/aromatic N) is 2. The molecule has 2 amide bonds. The van der Waals surface area contributed by atoms with Crippen molar-refractivity contribution in [2.45, 2.75) is 37.6 Å². The summed E-state index contributed by atoms with van der Waals surface area (Å²) in [5.41, 5.74) is -1.62. The van der Waals surface area contributed by atoms with Gasteiger partial charge in [-0.1, -0.05) is 24.8 Å². The predicted molar refractivity (Wildman–Crippen MR) is 130 cm³/mol. The van der Waals surface area contributed by atoms with E-state index in [1.54, 1.807) is 18.2 Å². The van der Waals surface area contributed by atoms with E-state index >= 15 is 0 Å². The number of likely N-dealkylation sites (tertiary alicyclic amines) is 1. The molecule has 4 atom stereocenters. The highest BCUT2D eigenvalue weighted by atomic mass is 35.7. The number of esters is 1. The standard InChI is InChI=1S/C23H22ClN3O8S/c1-14(2)19(20(29)34-13-16-9-11-17(12-10-16)27(31)32)26-21(30)23(25-15(3)28,22(26)36(24)33)35-18-7-5-4-6-8-18/h4-12,19,22H,1,13H2,2-3H3,(H,25,28). The quantitative estimate of drug-likeness (QED) is 0.0926. The Morgan fingerprint density at radius 2 is 1.83 bits per heavy atom. The van der Waals surface area contributed by atoms with Crippen molar-refractivity contribution in [1.29, 1.82) is 0 Å². The van der Waals surface area contributed by atoms with Gasteiger partial charge in [-0.2, -0.15) is 0 Å². The number of rotatable bonds is 10. The van der Waals surface area contributed by atoms with Crippen LogP contribution in [0.3, 0.4) is 0 Å². The number of hydrogen-bond acceptors (Lipinski definition) is 8. The lowest BCUT2D eigenvalue weighted by molar-refractivity contribution is -0.384. The molecule has 0 radical (unpaired) electrons. The Labute approximate surface area is 213 Å². The lowest BCUT2D eigenvalue weighted by Gasteiger charge is -2.53. The number of carbonyl (C=O) groups excluding carboxylic acids is 3. The minimum absolute atomic E-state index is 0.128. The number of hydrogen-bond donors (Lipinski definition) is 1. The second-order valence-corrected chi connectivity index (χ2v) is 9.78. The molecular formula is C23H22ClN3O8S. The van der Waals surface area contributed by atoms with E-state index in [9.17, 15) is 29.1 Å². The van der Waals surface area contributed by atoms with Crippen molar-refractivity contribution >= 4 is 44.5 Å². The first-order valence-electron chi connectivity index (χ1n) is 10.5. The summed E-state index contributed by atoms with van der Waals surface area (Å²) in [6.45, 7) is 6.11. The first-order chi connectivity index (χ1) is 17.0. The van der Waals surface area contributed by atoms with E-state index in [2.05, 4.69) is 11.9 Å². The molecule has 190 valence electrons. The molecule has 0 spiro atoms. The molecule has 2 aromatic rings. The molecule has 36 heavy (non-hydrogen) atoms. The molecule has 3 rings (SSSR count). The van der Waals surface area contributed by atoms with Gasteiger partial charge in [0.15, 0.2) is 16.7 Å². The maximum Gasteiger partial charge on any atom is 0.333 e. The summed E-state index contributed by atoms with van der Waals surface area (Å²) in [6.07, 6.45) is 0. The fourth-order valence-electron chi connectivity index (χ4n) is 3.68. The summed E-state index contributed by atoms with van der Waals surface area (Å²) in [5, 5.41) is 11.7. The summed E-state index contributed by atoms with van der Waals surface area (Å²) < 4.78 is 23.7. The van der Waals surface area contributed by atoms with Crippen molar-refractivity contribution < 1.29 is 33.3 Å². The molecule has 1 aliphatic heterocycles. The molecule has 4 unspecified atom stereocenters. The third-order valence-electron chi connectivity index (χ3n) is 5.21. The molecule has 1 fully saturated rings. The van der Waals surface area contributed by atoms with Crippen LogP contribution in [0.25, 0.3) is 0 Å². The number of nitro groups is 1. The van der Waals surface area contributed by atoms with Crippen LogP contribution in [0.1, 0.15) is 19.4 Å². The highest BCUT2D eigenvalue weighted by Crippen LogP contribution is 2.41. The average Bonchev–Trinajstić information content (AvgIpc) is 2.81. The van der Waals surface area contributed by atoms with Crippen LogP contribution in [0.5, 0.6) is 5.75 Å². The Morgan fingerprint density at radius 3 is 2.33 bits per heavy atom. The smallest absolute Gasteiger partial charge is 0.333 e. The Hall–Kier alpha value is -3.61. The van der Waals surface area contributed by atoms with Crippen molar-refractivity contribution in [3.63, 3.8) is 0 Å². The van der Waals surface area contributed by atoms with Gasteiger partial charge in [0.2, 0.25) is 5.91 Å². The summed E-state index contributed by atoms with van der Waals surface area (Å²) >= 11 is 0. The van der Waals surface area contributed by atoms with Gasteiger partial charge in [0, 0.05) is 19.1 Å². The number of non-ortho nitro benzene ring substituents is 1. The van der Waals surface area contributed by atoms with Crippen molar-refractivity contribution in [3.8, 4) is 5.75 Å². The largest absolute Gasteiger partial charge is 0.597 e. The molecular weight excluding hydrogens is 514 g/mol. The maximum atomic E-state index is 13.4. The number of para-hydroxylation sites is 1. The number of carbonyl (C=O) groups is 3. The third-order valence-corrected chi connectivity index (χ3v) is 6.62. The van der Waals surface area contributed by atoms with Crippen molar-refractivity contribution in [1.82, 2.24) is 10.2 Å². The number of halogens is 1. The number of amides is 2. The minimum atomic E-state index is -2.31. The highest BCUT2D eigenvalue weighted by molar-refractivity contribution is 8.14. The van der Waals surface area contributed by atoms with Gasteiger partial charge in [0.25, 0.3) is 11.1 Å². The van der Waals surface area contributed by atoms with Crippen LogP contribution in [0, 0.1) is 10.1 Å². The molecule has 1 aliphatic rings. The van der Waals surface area contributed by atoms with E-state index < -0.39 is 50.2 Å². The molecule has 1 heterocycles. The van der Waals surface area contributed by atoms with Crippen LogP contribution in [0.4, 0.5) is 5.69 Å². The topological polar surface area (TPSA) is 151 Å².